The Kier molecular flexibility index (Phi) is 5.57. The Bertz CT molecular complexity index is 1460. The van der Waals surface area contributed by atoms with Crippen molar-refractivity contribution in [3.05, 3.63) is 54.4 Å². The van der Waals surface area contributed by atoms with Crippen LogP contribution < -0.4 is 4.90 Å². The Morgan fingerprint density at radius 2 is 2.06 bits per heavy atom. The van der Waals surface area contributed by atoms with E-state index in [9.17, 15) is 23.7 Å². The summed E-state index contributed by atoms with van der Waals surface area (Å²) >= 11 is 0. The molecule has 176 valence electrons. The Morgan fingerprint density at radius 1 is 1.20 bits per heavy atom. The van der Waals surface area contributed by atoms with E-state index in [-0.39, 0.29) is 24.2 Å². The maximum atomic E-state index is 13.4. The highest BCUT2D eigenvalue weighted by molar-refractivity contribution is 5.89. The Balaban J connectivity index is 1.42. The molecule has 4 aromatic rings. The van der Waals surface area contributed by atoms with Crippen LogP contribution in [-0.4, -0.2) is 42.8 Å². The molecule has 0 aliphatic carbocycles. The molecule has 1 aliphatic rings. The van der Waals surface area contributed by atoms with Crippen molar-refractivity contribution in [3.63, 3.8) is 0 Å². The fourth-order valence-electron chi connectivity index (χ4n) is 4.64. The molecular weight excluding hydrogens is 459 g/mol. The van der Waals surface area contributed by atoms with Gasteiger partial charge in [0.2, 0.25) is 0 Å². The van der Waals surface area contributed by atoms with E-state index in [0.29, 0.717) is 30.9 Å². The summed E-state index contributed by atoms with van der Waals surface area (Å²) in [5, 5.41) is 24.2. The second-order valence-corrected chi connectivity index (χ2v) is 8.26. The minimum Gasteiger partial charge on any atom is -0.355 e. The third-order valence-electron chi connectivity index (χ3n) is 6.29. The molecule has 1 fully saturated rings. The molecule has 5 heterocycles. The van der Waals surface area contributed by atoms with Crippen LogP contribution in [0.5, 0.6) is 0 Å². The van der Waals surface area contributed by atoms with Gasteiger partial charge < -0.3 is 9.88 Å². The van der Waals surface area contributed by atoms with Crippen LogP contribution in [-0.2, 0) is 6.18 Å². The number of pyridine rings is 1. The van der Waals surface area contributed by atoms with E-state index in [4.69, 9.17) is 0 Å². The molecule has 1 aliphatic heterocycles. The van der Waals surface area contributed by atoms with E-state index in [1.807, 2.05) is 12.3 Å². The van der Waals surface area contributed by atoms with E-state index in [1.165, 1.54) is 6.33 Å². The number of nitrogens with zero attached hydrogens (tertiary/aromatic N) is 8. The number of nitrogens with one attached hydrogen (secondary N) is 1. The predicted molar refractivity (Wildman–Crippen MR) is 119 cm³/mol. The number of hydrogen-bond donors (Lipinski definition) is 1. The number of rotatable bonds is 5. The van der Waals surface area contributed by atoms with Gasteiger partial charge in [0.05, 0.1) is 36.0 Å². The van der Waals surface area contributed by atoms with Crippen molar-refractivity contribution in [2.45, 2.75) is 25.1 Å². The van der Waals surface area contributed by atoms with Crippen molar-refractivity contribution >= 4 is 16.9 Å². The average Bonchev–Trinajstić information content (AvgIpc) is 3.62. The normalized spacial score (nSPS) is 16.8. The Morgan fingerprint density at radius 3 is 2.83 bits per heavy atom. The first-order valence-corrected chi connectivity index (χ1v) is 10.8. The minimum absolute atomic E-state index is 0.0116. The molecule has 0 amide bonds. The summed E-state index contributed by atoms with van der Waals surface area (Å²) in [4.78, 5) is 17.4. The van der Waals surface area contributed by atoms with E-state index < -0.39 is 17.3 Å². The van der Waals surface area contributed by atoms with Gasteiger partial charge in [-0.3, -0.25) is 4.68 Å². The zero-order valence-corrected chi connectivity index (χ0v) is 18.2. The van der Waals surface area contributed by atoms with E-state index in [0.717, 1.165) is 23.2 Å². The average molecular weight is 477 g/mol. The van der Waals surface area contributed by atoms with Gasteiger partial charge >= 0.3 is 6.18 Å². The summed E-state index contributed by atoms with van der Waals surface area (Å²) < 4.78 is 41.9. The molecular formula is C23H18F3N9. The van der Waals surface area contributed by atoms with Crippen molar-refractivity contribution in [2.24, 2.45) is 5.92 Å². The second kappa shape index (κ2) is 8.72. The Hall–Kier alpha value is -4.45. The summed E-state index contributed by atoms with van der Waals surface area (Å²) in [6.45, 7) is 0.764. The molecule has 0 radical (unpaired) electrons. The Labute approximate surface area is 197 Å². The summed E-state index contributed by atoms with van der Waals surface area (Å²) in [5.41, 5.74) is 0.682. The van der Waals surface area contributed by atoms with Crippen molar-refractivity contribution in [3.8, 4) is 23.4 Å². The van der Waals surface area contributed by atoms with Crippen LogP contribution in [0.4, 0.5) is 19.0 Å². The van der Waals surface area contributed by atoms with Crippen molar-refractivity contribution in [2.75, 3.05) is 18.0 Å². The summed E-state index contributed by atoms with van der Waals surface area (Å²) in [6, 6.07) is 6.25. The standard InChI is InChI=1S/C23H18F3N9/c24-23(25,26)18-3-7-30-22(17(18)9-28)34-8-4-14(11-34)19(1-5-27)35-12-15(10-33-35)20-16-2-6-29-21(16)32-13-31-20/h2-3,6-7,10,12-14,19H,1,4,8,11H2,(H,29,31,32). The third kappa shape index (κ3) is 4.04. The number of aromatic nitrogens is 6. The molecule has 2 atom stereocenters. The van der Waals surface area contributed by atoms with Crippen LogP contribution in [0.15, 0.2) is 43.2 Å². The van der Waals surface area contributed by atoms with Crippen LogP contribution in [0, 0.1) is 28.6 Å². The molecule has 1 N–H and O–H groups in total. The quantitative estimate of drug-likeness (QED) is 0.459. The SMILES string of the molecule is N#CCC(C1CCN(c2nccc(C(F)(F)F)c2C#N)C1)n1cc(-c2ncnc3[nH]ccc23)cn1. The lowest BCUT2D eigenvalue weighted by Gasteiger charge is -2.24. The highest BCUT2D eigenvalue weighted by Gasteiger charge is 2.38. The lowest BCUT2D eigenvalue weighted by Crippen LogP contribution is -2.26. The fraction of sp³-hybridized carbons (Fsp3) is 0.304. The second-order valence-electron chi connectivity index (χ2n) is 8.26. The van der Waals surface area contributed by atoms with Crippen molar-refractivity contribution in [1.29, 1.82) is 10.5 Å². The number of hydrogen-bond acceptors (Lipinski definition) is 7. The summed E-state index contributed by atoms with van der Waals surface area (Å²) in [7, 11) is 0. The largest absolute Gasteiger partial charge is 0.417 e. The molecule has 0 saturated carbocycles. The zero-order chi connectivity index (χ0) is 24.6. The van der Waals surface area contributed by atoms with Crippen molar-refractivity contribution in [1.82, 2.24) is 29.7 Å². The summed E-state index contributed by atoms with van der Waals surface area (Å²) in [6.07, 6.45) is 3.93. The van der Waals surface area contributed by atoms with Crippen LogP contribution in [0.3, 0.4) is 0 Å². The van der Waals surface area contributed by atoms with Gasteiger partial charge in [-0.05, 0) is 18.6 Å². The van der Waals surface area contributed by atoms with E-state index >= 15 is 0 Å². The molecule has 0 bridgehead atoms. The van der Waals surface area contributed by atoms with Crippen LogP contribution in [0.25, 0.3) is 22.3 Å². The minimum atomic E-state index is -4.65. The molecule has 4 aromatic heterocycles. The molecule has 35 heavy (non-hydrogen) atoms. The molecule has 5 rings (SSSR count). The van der Waals surface area contributed by atoms with Crippen molar-refractivity contribution < 1.29 is 13.2 Å². The van der Waals surface area contributed by atoms with Gasteiger partial charge in [0, 0.05) is 48.5 Å². The maximum absolute atomic E-state index is 13.4. The smallest absolute Gasteiger partial charge is 0.355 e. The molecule has 0 spiro atoms. The van der Waals surface area contributed by atoms with Crippen LogP contribution in [0.2, 0.25) is 0 Å². The number of nitriles is 2. The van der Waals surface area contributed by atoms with Gasteiger partial charge in [-0.2, -0.15) is 28.8 Å². The number of aromatic amines is 1. The first kappa shape index (κ1) is 22.3. The highest BCUT2D eigenvalue weighted by Crippen LogP contribution is 2.38. The maximum Gasteiger partial charge on any atom is 0.417 e. The van der Waals surface area contributed by atoms with E-state index in [2.05, 4.69) is 31.1 Å². The zero-order valence-electron chi connectivity index (χ0n) is 18.2. The van der Waals surface area contributed by atoms with Gasteiger partial charge in [0.25, 0.3) is 0 Å². The molecule has 1 saturated heterocycles. The van der Waals surface area contributed by atoms with Gasteiger partial charge in [0.1, 0.15) is 29.4 Å². The lowest BCUT2D eigenvalue weighted by molar-refractivity contribution is -0.137. The van der Waals surface area contributed by atoms with Gasteiger partial charge in [0.15, 0.2) is 0 Å². The van der Waals surface area contributed by atoms with Gasteiger partial charge in [-0.1, -0.05) is 0 Å². The number of anilines is 1. The topological polar surface area (TPSA) is 123 Å². The fourth-order valence-corrected chi connectivity index (χ4v) is 4.64. The molecule has 12 heteroatoms. The molecule has 0 aromatic carbocycles. The monoisotopic (exact) mass is 477 g/mol. The first-order valence-electron chi connectivity index (χ1n) is 10.8. The highest BCUT2D eigenvalue weighted by atomic mass is 19.4. The number of alkyl halides is 3. The number of halogens is 3. The lowest BCUT2D eigenvalue weighted by atomic mass is 9.96. The number of fused-ring (bicyclic) bond motifs is 1. The number of H-pyrrole nitrogens is 1. The van der Waals surface area contributed by atoms with Crippen LogP contribution in [0.1, 0.15) is 30.0 Å². The molecule has 9 nitrogen and oxygen atoms in total. The van der Waals surface area contributed by atoms with Crippen LogP contribution >= 0.6 is 0 Å². The van der Waals surface area contributed by atoms with Gasteiger partial charge in [-0.25, -0.2) is 15.0 Å². The van der Waals surface area contributed by atoms with Gasteiger partial charge in [-0.15, -0.1) is 0 Å². The summed E-state index contributed by atoms with van der Waals surface area (Å²) in [5.74, 6) is -0.0690. The third-order valence-corrected chi connectivity index (χ3v) is 6.29. The first-order chi connectivity index (χ1) is 16.9. The van der Waals surface area contributed by atoms with E-state index in [1.54, 1.807) is 28.0 Å². The predicted octanol–water partition coefficient (Wildman–Crippen LogP) is 4.09. The molecule has 2 unspecified atom stereocenters.